The molecule has 0 bridgehead atoms. The minimum atomic E-state index is -0.656. The Morgan fingerprint density at radius 1 is 1.17 bits per heavy atom. The fourth-order valence-corrected chi connectivity index (χ4v) is 4.04. The Bertz CT molecular complexity index is 965. The molecule has 0 radical (unpaired) electrons. The van der Waals surface area contributed by atoms with Crippen molar-refractivity contribution in [2.24, 2.45) is 0 Å². The van der Waals surface area contributed by atoms with Crippen LogP contribution in [0.2, 0.25) is 0 Å². The Morgan fingerprint density at radius 3 is 2.67 bits per heavy atom. The highest BCUT2D eigenvalue weighted by molar-refractivity contribution is 5.97. The number of nitrogens with zero attached hydrogens (tertiary/aromatic N) is 2. The van der Waals surface area contributed by atoms with E-state index >= 15 is 0 Å². The van der Waals surface area contributed by atoms with Crippen LogP contribution in [0.5, 0.6) is 5.75 Å². The number of carbonyl (C=O) groups is 1. The van der Waals surface area contributed by atoms with Gasteiger partial charge in [0.05, 0.1) is 31.4 Å². The summed E-state index contributed by atoms with van der Waals surface area (Å²) in [7, 11) is 2.11. The highest BCUT2D eigenvalue weighted by Crippen LogP contribution is 2.22. The predicted octanol–water partition coefficient (Wildman–Crippen LogP) is 1.32. The summed E-state index contributed by atoms with van der Waals surface area (Å²) in [5.41, 5.74) is -0.255. The monoisotopic (exact) mass is 415 g/mol. The maximum atomic E-state index is 12.9. The van der Waals surface area contributed by atoms with E-state index in [0.717, 1.165) is 26.2 Å². The molecule has 162 valence electrons. The quantitative estimate of drug-likeness (QED) is 0.738. The molecule has 4 rings (SSSR count). The van der Waals surface area contributed by atoms with Gasteiger partial charge in [-0.25, -0.2) is 4.79 Å². The third kappa shape index (κ3) is 4.50. The van der Waals surface area contributed by atoms with E-state index in [1.807, 2.05) is 13.8 Å². The third-order valence-corrected chi connectivity index (χ3v) is 5.70. The van der Waals surface area contributed by atoms with Crippen LogP contribution in [0, 0.1) is 0 Å². The van der Waals surface area contributed by atoms with Crippen LogP contribution in [0.15, 0.2) is 33.5 Å². The molecule has 1 N–H and O–H groups in total. The number of likely N-dealkylation sites (N-methyl/N-ethyl adjacent to an activating group) is 1. The molecule has 0 aliphatic carbocycles. The number of carbonyl (C=O) groups excluding carboxylic acids is 1. The summed E-state index contributed by atoms with van der Waals surface area (Å²) in [6.45, 7) is 8.75. The van der Waals surface area contributed by atoms with Crippen molar-refractivity contribution in [3.63, 3.8) is 0 Å². The lowest BCUT2D eigenvalue weighted by molar-refractivity contribution is 0.0827. The summed E-state index contributed by atoms with van der Waals surface area (Å²) in [6.07, 6.45) is 0.0149. The zero-order valence-electron chi connectivity index (χ0n) is 17.7. The molecule has 0 unspecified atom stereocenters. The van der Waals surface area contributed by atoms with Gasteiger partial charge in [0.25, 0.3) is 5.91 Å². The van der Waals surface area contributed by atoms with Crippen LogP contribution in [0.1, 0.15) is 24.2 Å². The second-order valence-electron chi connectivity index (χ2n) is 8.34. The van der Waals surface area contributed by atoms with Crippen LogP contribution in [-0.2, 0) is 4.74 Å². The maximum absolute atomic E-state index is 12.9. The Balaban J connectivity index is 1.50. The smallest absolute Gasteiger partial charge is 0.349 e. The van der Waals surface area contributed by atoms with E-state index in [4.69, 9.17) is 13.9 Å². The molecule has 3 heterocycles. The molecule has 2 fully saturated rings. The lowest BCUT2D eigenvalue weighted by Crippen LogP contribution is -2.56. The molecular weight excluding hydrogens is 386 g/mol. The minimum Gasteiger partial charge on any atom is -0.491 e. The number of fused-ring (bicyclic) bond motifs is 1. The van der Waals surface area contributed by atoms with Gasteiger partial charge in [-0.2, -0.15) is 0 Å². The molecule has 2 saturated heterocycles. The average Bonchev–Trinajstić information content (AvgIpc) is 3.15. The van der Waals surface area contributed by atoms with E-state index in [0.29, 0.717) is 29.9 Å². The van der Waals surface area contributed by atoms with Crippen LogP contribution in [-0.4, -0.2) is 80.3 Å². The third-order valence-electron chi connectivity index (χ3n) is 5.70. The SMILES string of the molecule is CC(C)Oc1ccc2cc(C(=O)N[C@H]3COC[C@@H]3N3CCN(C)CC3)c(=O)oc2c1. The number of nitrogens with one attached hydrogen (secondary N) is 1. The number of ether oxygens (including phenoxy) is 2. The maximum Gasteiger partial charge on any atom is 0.349 e. The number of amides is 1. The predicted molar refractivity (Wildman–Crippen MR) is 113 cm³/mol. The molecule has 30 heavy (non-hydrogen) atoms. The van der Waals surface area contributed by atoms with E-state index < -0.39 is 11.5 Å². The Morgan fingerprint density at radius 2 is 1.93 bits per heavy atom. The number of hydrogen-bond donors (Lipinski definition) is 1. The van der Waals surface area contributed by atoms with Crippen molar-refractivity contribution in [1.82, 2.24) is 15.1 Å². The number of hydrogen-bond acceptors (Lipinski definition) is 7. The number of rotatable bonds is 5. The number of piperazine rings is 1. The molecule has 8 nitrogen and oxygen atoms in total. The molecule has 1 amide bonds. The van der Waals surface area contributed by atoms with Gasteiger partial charge in [-0.15, -0.1) is 0 Å². The van der Waals surface area contributed by atoms with E-state index in [1.165, 1.54) is 0 Å². The standard InChI is InChI=1S/C22H29N3O5/c1-14(2)29-16-5-4-15-10-17(22(27)30-20(15)11-16)21(26)23-18-12-28-13-19(18)25-8-6-24(3)7-9-25/h4-5,10-11,14,18-19H,6-9,12-13H2,1-3H3,(H,23,26)/t18-,19-/m0/s1. The van der Waals surface area contributed by atoms with Gasteiger partial charge in [0.1, 0.15) is 16.9 Å². The average molecular weight is 415 g/mol. The van der Waals surface area contributed by atoms with Gasteiger partial charge in [0.15, 0.2) is 0 Å². The van der Waals surface area contributed by atoms with Crippen LogP contribution in [0.4, 0.5) is 0 Å². The summed E-state index contributed by atoms with van der Waals surface area (Å²) in [5, 5.41) is 3.67. The first kappa shape index (κ1) is 20.8. The largest absolute Gasteiger partial charge is 0.491 e. The van der Waals surface area contributed by atoms with Crippen molar-refractivity contribution in [2.45, 2.75) is 32.0 Å². The van der Waals surface area contributed by atoms with E-state index in [-0.39, 0.29) is 23.8 Å². The van der Waals surface area contributed by atoms with Crippen molar-refractivity contribution in [3.8, 4) is 5.75 Å². The first-order valence-electron chi connectivity index (χ1n) is 10.5. The highest BCUT2D eigenvalue weighted by Gasteiger charge is 2.35. The summed E-state index contributed by atoms with van der Waals surface area (Å²) in [4.78, 5) is 30.0. The molecule has 2 aliphatic heterocycles. The molecule has 2 atom stereocenters. The lowest BCUT2D eigenvalue weighted by atomic mass is 10.1. The molecule has 8 heteroatoms. The normalized spacial score (nSPS) is 23.2. The molecule has 1 aromatic carbocycles. The van der Waals surface area contributed by atoms with E-state index in [1.54, 1.807) is 24.3 Å². The molecule has 2 aromatic rings. The van der Waals surface area contributed by atoms with Gasteiger partial charge < -0.3 is 24.1 Å². The fourth-order valence-electron chi connectivity index (χ4n) is 4.04. The van der Waals surface area contributed by atoms with Crippen molar-refractivity contribution < 1.29 is 18.7 Å². The van der Waals surface area contributed by atoms with Crippen molar-refractivity contribution in [3.05, 3.63) is 40.2 Å². The first-order valence-corrected chi connectivity index (χ1v) is 10.5. The Labute approximate surface area is 175 Å². The summed E-state index contributed by atoms with van der Waals surface area (Å²) in [5.74, 6) is 0.193. The topological polar surface area (TPSA) is 84.3 Å². The molecule has 2 aliphatic rings. The van der Waals surface area contributed by atoms with E-state index in [9.17, 15) is 9.59 Å². The van der Waals surface area contributed by atoms with E-state index in [2.05, 4.69) is 22.2 Å². The second-order valence-corrected chi connectivity index (χ2v) is 8.34. The number of benzene rings is 1. The van der Waals surface area contributed by atoms with Crippen LogP contribution in [0.25, 0.3) is 11.0 Å². The summed E-state index contributed by atoms with van der Waals surface area (Å²) < 4.78 is 16.7. The van der Waals surface area contributed by atoms with Gasteiger partial charge in [0, 0.05) is 37.6 Å². The van der Waals surface area contributed by atoms with Gasteiger partial charge >= 0.3 is 5.63 Å². The molecule has 0 saturated carbocycles. The zero-order valence-corrected chi connectivity index (χ0v) is 17.7. The van der Waals surface area contributed by atoms with Crippen molar-refractivity contribution in [2.75, 3.05) is 46.4 Å². The second kappa shape index (κ2) is 8.75. The summed E-state index contributed by atoms with van der Waals surface area (Å²) in [6, 6.07) is 6.81. The summed E-state index contributed by atoms with van der Waals surface area (Å²) >= 11 is 0. The minimum absolute atomic E-state index is 0.00376. The first-order chi connectivity index (χ1) is 14.4. The van der Waals surface area contributed by atoms with Gasteiger partial charge in [0.2, 0.25) is 0 Å². The van der Waals surface area contributed by atoms with Gasteiger partial charge in [-0.3, -0.25) is 9.69 Å². The zero-order chi connectivity index (χ0) is 21.3. The van der Waals surface area contributed by atoms with Gasteiger partial charge in [-0.1, -0.05) is 0 Å². The van der Waals surface area contributed by atoms with Crippen molar-refractivity contribution in [1.29, 1.82) is 0 Å². The molecular formula is C22H29N3O5. The lowest BCUT2D eigenvalue weighted by Gasteiger charge is -2.38. The van der Waals surface area contributed by atoms with Crippen LogP contribution >= 0.6 is 0 Å². The van der Waals surface area contributed by atoms with Crippen LogP contribution < -0.4 is 15.7 Å². The van der Waals surface area contributed by atoms with Crippen LogP contribution in [0.3, 0.4) is 0 Å². The Kier molecular flexibility index (Phi) is 6.08. The van der Waals surface area contributed by atoms with Gasteiger partial charge in [-0.05, 0) is 39.1 Å². The Hall–Kier alpha value is -2.42. The fraction of sp³-hybridized carbons (Fsp3) is 0.545. The van der Waals surface area contributed by atoms with Crippen molar-refractivity contribution >= 4 is 16.9 Å². The highest BCUT2D eigenvalue weighted by atomic mass is 16.5. The molecule has 1 aromatic heterocycles. The molecule has 0 spiro atoms.